The standard InChI is InChI=1S/C9H18OS2/c1-11-7-3-5-9(10)6-4-8-12-2/h3-8H2,1-2H3. The number of hydrogen-bond acceptors (Lipinski definition) is 3. The predicted octanol–water partition coefficient (Wildman–Crippen LogP) is 2.84. The van der Waals surface area contributed by atoms with Crippen molar-refractivity contribution in [3.8, 4) is 0 Å². The molecule has 0 atom stereocenters. The fourth-order valence-corrected chi connectivity index (χ4v) is 1.82. The first-order valence-corrected chi connectivity index (χ1v) is 7.09. The van der Waals surface area contributed by atoms with Gasteiger partial charge in [0, 0.05) is 12.8 Å². The Bertz CT molecular complexity index is 103. The molecule has 0 aliphatic rings. The minimum Gasteiger partial charge on any atom is -0.300 e. The van der Waals surface area contributed by atoms with Crippen LogP contribution in [0, 0.1) is 0 Å². The van der Waals surface area contributed by atoms with Gasteiger partial charge in [-0.05, 0) is 36.9 Å². The Hall–Kier alpha value is 0.370. The van der Waals surface area contributed by atoms with Crippen LogP contribution in [-0.4, -0.2) is 29.8 Å². The summed E-state index contributed by atoms with van der Waals surface area (Å²) in [6, 6.07) is 0. The van der Waals surface area contributed by atoms with Gasteiger partial charge in [0.05, 0.1) is 0 Å². The lowest BCUT2D eigenvalue weighted by molar-refractivity contribution is -0.119. The van der Waals surface area contributed by atoms with Gasteiger partial charge in [-0.15, -0.1) is 0 Å². The normalized spacial score (nSPS) is 10.2. The summed E-state index contributed by atoms with van der Waals surface area (Å²) < 4.78 is 0. The van der Waals surface area contributed by atoms with Gasteiger partial charge in [-0.25, -0.2) is 0 Å². The molecule has 0 spiro atoms. The molecule has 0 amide bonds. The quantitative estimate of drug-likeness (QED) is 0.568. The molecule has 0 saturated heterocycles. The van der Waals surface area contributed by atoms with Gasteiger partial charge in [0.15, 0.2) is 0 Å². The van der Waals surface area contributed by atoms with Gasteiger partial charge in [0.25, 0.3) is 0 Å². The molecular formula is C9H18OS2. The van der Waals surface area contributed by atoms with Gasteiger partial charge in [0.1, 0.15) is 5.78 Å². The Morgan fingerprint density at radius 2 is 1.42 bits per heavy atom. The molecule has 0 N–H and O–H groups in total. The van der Waals surface area contributed by atoms with Crippen molar-refractivity contribution in [2.75, 3.05) is 24.0 Å². The molecule has 0 bridgehead atoms. The lowest BCUT2D eigenvalue weighted by Crippen LogP contribution is -1.98. The van der Waals surface area contributed by atoms with E-state index < -0.39 is 0 Å². The van der Waals surface area contributed by atoms with Crippen LogP contribution >= 0.6 is 23.5 Å². The van der Waals surface area contributed by atoms with Gasteiger partial charge in [-0.3, -0.25) is 4.79 Å². The number of hydrogen-bond donors (Lipinski definition) is 0. The highest BCUT2D eigenvalue weighted by Gasteiger charge is 2.00. The lowest BCUT2D eigenvalue weighted by Gasteiger charge is -1.98. The van der Waals surface area contributed by atoms with E-state index in [0.29, 0.717) is 5.78 Å². The number of rotatable bonds is 8. The molecule has 3 heteroatoms. The van der Waals surface area contributed by atoms with Crippen molar-refractivity contribution in [2.24, 2.45) is 0 Å². The van der Waals surface area contributed by atoms with E-state index in [-0.39, 0.29) is 0 Å². The molecule has 12 heavy (non-hydrogen) atoms. The van der Waals surface area contributed by atoms with Crippen LogP contribution in [0.1, 0.15) is 25.7 Å². The summed E-state index contributed by atoms with van der Waals surface area (Å²) in [5, 5.41) is 0. The molecule has 1 nitrogen and oxygen atoms in total. The second kappa shape index (κ2) is 9.46. The molecule has 0 aromatic heterocycles. The lowest BCUT2D eigenvalue weighted by atomic mass is 10.1. The molecule has 0 rings (SSSR count). The van der Waals surface area contributed by atoms with Crippen LogP contribution in [0.3, 0.4) is 0 Å². The molecule has 0 heterocycles. The summed E-state index contributed by atoms with van der Waals surface area (Å²) in [5.41, 5.74) is 0. The highest BCUT2D eigenvalue weighted by atomic mass is 32.2. The monoisotopic (exact) mass is 206 g/mol. The molecule has 0 aromatic rings. The van der Waals surface area contributed by atoms with E-state index in [1.165, 1.54) is 0 Å². The summed E-state index contributed by atoms with van der Waals surface area (Å²) >= 11 is 3.63. The maximum absolute atomic E-state index is 11.2. The van der Waals surface area contributed by atoms with Crippen molar-refractivity contribution in [1.82, 2.24) is 0 Å². The number of ketones is 1. The van der Waals surface area contributed by atoms with Crippen LogP contribution in [0.5, 0.6) is 0 Å². The van der Waals surface area contributed by atoms with Crippen molar-refractivity contribution in [1.29, 1.82) is 0 Å². The molecule has 0 fully saturated rings. The Labute approximate surface area is 84.1 Å². The molecule has 0 aromatic carbocycles. The van der Waals surface area contributed by atoms with E-state index in [2.05, 4.69) is 12.5 Å². The van der Waals surface area contributed by atoms with E-state index in [9.17, 15) is 4.79 Å². The summed E-state index contributed by atoms with van der Waals surface area (Å²) in [6.45, 7) is 0. The maximum Gasteiger partial charge on any atom is 0.132 e. The number of Topliss-reactive ketones (excluding diaryl/α,β-unsaturated/α-hetero) is 1. The fourth-order valence-electron chi connectivity index (χ4n) is 0.952. The van der Waals surface area contributed by atoms with Crippen molar-refractivity contribution in [2.45, 2.75) is 25.7 Å². The first-order chi connectivity index (χ1) is 5.81. The van der Waals surface area contributed by atoms with E-state index in [4.69, 9.17) is 0 Å². The van der Waals surface area contributed by atoms with Gasteiger partial charge in [0.2, 0.25) is 0 Å². The van der Waals surface area contributed by atoms with Gasteiger partial charge < -0.3 is 0 Å². The molecule has 0 saturated carbocycles. The summed E-state index contributed by atoms with van der Waals surface area (Å²) in [7, 11) is 0. The van der Waals surface area contributed by atoms with E-state index in [1.807, 2.05) is 23.5 Å². The number of carbonyl (C=O) groups is 1. The van der Waals surface area contributed by atoms with Crippen molar-refractivity contribution >= 4 is 29.3 Å². The van der Waals surface area contributed by atoms with Crippen LogP contribution in [-0.2, 0) is 4.79 Å². The topological polar surface area (TPSA) is 17.1 Å². The van der Waals surface area contributed by atoms with Crippen molar-refractivity contribution < 1.29 is 4.79 Å². The Balaban J connectivity index is 3.10. The number of carbonyl (C=O) groups excluding carboxylic acids is 1. The van der Waals surface area contributed by atoms with Crippen molar-refractivity contribution in [3.05, 3.63) is 0 Å². The first-order valence-electron chi connectivity index (χ1n) is 4.31. The zero-order valence-corrected chi connectivity index (χ0v) is 9.60. The van der Waals surface area contributed by atoms with Crippen LogP contribution in [0.2, 0.25) is 0 Å². The van der Waals surface area contributed by atoms with Crippen LogP contribution in [0.25, 0.3) is 0 Å². The smallest absolute Gasteiger partial charge is 0.132 e. The van der Waals surface area contributed by atoms with Crippen molar-refractivity contribution in [3.63, 3.8) is 0 Å². The highest BCUT2D eigenvalue weighted by Crippen LogP contribution is 2.05. The molecular weight excluding hydrogens is 188 g/mol. The Kier molecular flexibility index (Phi) is 9.75. The zero-order valence-electron chi connectivity index (χ0n) is 7.97. The average Bonchev–Trinajstić information content (AvgIpc) is 2.06. The van der Waals surface area contributed by atoms with E-state index >= 15 is 0 Å². The Morgan fingerprint density at radius 3 is 1.75 bits per heavy atom. The molecule has 0 radical (unpaired) electrons. The van der Waals surface area contributed by atoms with Gasteiger partial charge in [-0.1, -0.05) is 0 Å². The number of thioether (sulfide) groups is 2. The molecule has 0 aliphatic heterocycles. The van der Waals surface area contributed by atoms with Gasteiger partial charge >= 0.3 is 0 Å². The third-order valence-corrected chi connectivity index (χ3v) is 3.00. The summed E-state index contributed by atoms with van der Waals surface area (Å²) in [5.74, 6) is 2.68. The Morgan fingerprint density at radius 1 is 1.00 bits per heavy atom. The van der Waals surface area contributed by atoms with Crippen LogP contribution < -0.4 is 0 Å². The largest absolute Gasteiger partial charge is 0.300 e. The molecule has 0 aliphatic carbocycles. The first kappa shape index (κ1) is 12.4. The third kappa shape index (κ3) is 8.47. The predicted molar refractivity (Wildman–Crippen MR) is 60.2 cm³/mol. The van der Waals surface area contributed by atoms with Gasteiger partial charge in [-0.2, -0.15) is 23.5 Å². The second-order valence-corrected chi connectivity index (χ2v) is 4.70. The minimum atomic E-state index is 0.443. The average molecular weight is 206 g/mol. The van der Waals surface area contributed by atoms with E-state index in [0.717, 1.165) is 37.2 Å². The SMILES string of the molecule is CSCCCC(=O)CCCSC. The van der Waals surface area contributed by atoms with Crippen LogP contribution in [0.4, 0.5) is 0 Å². The van der Waals surface area contributed by atoms with Crippen LogP contribution in [0.15, 0.2) is 0 Å². The van der Waals surface area contributed by atoms with E-state index in [1.54, 1.807) is 0 Å². The molecule has 0 unspecified atom stereocenters. The minimum absolute atomic E-state index is 0.443. The zero-order chi connectivity index (χ0) is 9.23. The molecule has 72 valence electrons. The summed E-state index contributed by atoms with van der Waals surface area (Å²) in [6.07, 6.45) is 7.85. The fraction of sp³-hybridized carbons (Fsp3) is 0.889. The highest BCUT2D eigenvalue weighted by molar-refractivity contribution is 7.98. The second-order valence-electron chi connectivity index (χ2n) is 2.73. The third-order valence-electron chi connectivity index (χ3n) is 1.61. The maximum atomic E-state index is 11.2. The summed E-state index contributed by atoms with van der Waals surface area (Å²) in [4.78, 5) is 11.2.